The predicted octanol–water partition coefficient (Wildman–Crippen LogP) is 2.99. The third kappa shape index (κ3) is 1.47. The number of rotatable bonds is 2. The lowest BCUT2D eigenvalue weighted by Gasteiger charge is -2.00. The van der Waals surface area contributed by atoms with E-state index in [1.807, 2.05) is 16.8 Å². The molecule has 1 aliphatic carbocycles. The highest BCUT2D eigenvalue weighted by Crippen LogP contribution is 2.40. The summed E-state index contributed by atoms with van der Waals surface area (Å²) in [5, 5.41) is 14.1. The third-order valence-electron chi connectivity index (χ3n) is 2.78. The van der Waals surface area contributed by atoms with Crippen LogP contribution in [0.4, 0.5) is 0 Å². The summed E-state index contributed by atoms with van der Waals surface area (Å²) in [6.45, 7) is 0. The van der Waals surface area contributed by atoms with Gasteiger partial charge in [0.2, 0.25) is 0 Å². The monoisotopic (exact) mass is 251 g/mol. The lowest BCUT2D eigenvalue weighted by molar-refractivity contribution is -0.138. The summed E-state index contributed by atoms with van der Waals surface area (Å²) in [6.07, 6.45) is 1.56. The van der Waals surface area contributed by atoms with E-state index in [-0.39, 0.29) is 0 Å². The van der Waals surface area contributed by atoms with E-state index >= 15 is 0 Å². The Balaban J connectivity index is 2.02. The quantitative estimate of drug-likeness (QED) is 0.892. The van der Waals surface area contributed by atoms with Crippen molar-refractivity contribution in [3.8, 4) is 10.6 Å². The smallest absolute Gasteiger partial charge is 0.312 e. The van der Waals surface area contributed by atoms with Gasteiger partial charge in [-0.2, -0.15) is 11.3 Å². The van der Waals surface area contributed by atoms with Gasteiger partial charge in [0.05, 0.1) is 5.69 Å². The van der Waals surface area contributed by atoms with Crippen LogP contribution in [0.15, 0.2) is 16.8 Å². The van der Waals surface area contributed by atoms with E-state index in [1.54, 1.807) is 22.7 Å². The number of fused-ring (bicyclic) bond motifs is 1. The molecule has 0 amide bonds. The first-order valence-electron chi connectivity index (χ1n) is 5.00. The molecule has 0 fully saturated rings. The summed E-state index contributed by atoms with van der Waals surface area (Å²) < 4.78 is 0. The molecule has 0 saturated carbocycles. The maximum absolute atomic E-state index is 11.0. The minimum absolute atomic E-state index is 0.390. The van der Waals surface area contributed by atoms with Crippen LogP contribution in [0.1, 0.15) is 22.9 Å². The van der Waals surface area contributed by atoms with Gasteiger partial charge in [0.25, 0.3) is 0 Å². The van der Waals surface area contributed by atoms with Crippen LogP contribution in [0.3, 0.4) is 0 Å². The Morgan fingerprint density at radius 1 is 1.56 bits per heavy atom. The highest BCUT2D eigenvalue weighted by molar-refractivity contribution is 7.15. The first-order valence-corrected chi connectivity index (χ1v) is 6.76. The van der Waals surface area contributed by atoms with Gasteiger partial charge in [0.15, 0.2) is 0 Å². The average Bonchev–Trinajstić information content (AvgIpc) is 2.92. The summed E-state index contributed by atoms with van der Waals surface area (Å²) >= 11 is 3.27. The fourth-order valence-corrected chi connectivity index (χ4v) is 3.83. The summed E-state index contributed by atoms with van der Waals surface area (Å²) in [5.41, 5.74) is 1.90. The number of hydrogen-bond acceptors (Lipinski definition) is 4. The van der Waals surface area contributed by atoms with Crippen molar-refractivity contribution in [1.29, 1.82) is 0 Å². The number of hydrogen-bond donors (Lipinski definition) is 1. The van der Waals surface area contributed by atoms with Crippen molar-refractivity contribution in [2.75, 3.05) is 0 Å². The predicted molar refractivity (Wildman–Crippen MR) is 64.1 cm³/mol. The number of aliphatic carboxylic acids is 1. The molecule has 1 atom stereocenters. The molecule has 2 aromatic heterocycles. The second kappa shape index (κ2) is 3.68. The standard InChI is InChI=1S/C11H9NO2S2/c13-11(14)7-1-2-8-9(7)12-10(16-8)6-3-4-15-5-6/h3-5,7H,1-2H2,(H,13,14). The Labute approximate surface area is 100 Å². The molecular weight excluding hydrogens is 242 g/mol. The Bertz CT molecular complexity index is 530. The molecule has 2 heterocycles. The lowest BCUT2D eigenvalue weighted by Crippen LogP contribution is -2.08. The molecule has 82 valence electrons. The van der Waals surface area contributed by atoms with Crippen LogP contribution in [0.2, 0.25) is 0 Å². The summed E-state index contributed by atoms with van der Waals surface area (Å²) in [6, 6.07) is 2.02. The molecule has 3 rings (SSSR count). The molecule has 16 heavy (non-hydrogen) atoms. The molecule has 1 unspecified atom stereocenters. The molecule has 0 bridgehead atoms. The van der Waals surface area contributed by atoms with Crippen molar-refractivity contribution < 1.29 is 9.90 Å². The second-order valence-corrected chi connectivity index (χ2v) is 5.63. The average molecular weight is 251 g/mol. The van der Waals surface area contributed by atoms with Gasteiger partial charge in [-0.15, -0.1) is 11.3 Å². The minimum Gasteiger partial charge on any atom is -0.481 e. The molecule has 0 radical (unpaired) electrons. The maximum Gasteiger partial charge on any atom is 0.312 e. The second-order valence-electron chi connectivity index (χ2n) is 3.77. The van der Waals surface area contributed by atoms with E-state index in [0.717, 1.165) is 27.6 Å². The Hall–Kier alpha value is -1.20. The van der Waals surface area contributed by atoms with E-state index in [1.165, 1.54) is 0 Å². The van der Waals surface area contributed by atoms with Gasteiger partial charge in [0.1, 0.15) is 10.9 Å². The van der Waals surface area contributed by atoms with Crippen LogP contribution in [0.5, 0.6) is 0 Å². The molecule has 1 N–H and O–H groups in total. The van der Waals surface area contributed by atoms with Crippen molar-refractivity contribution in [3.05, 3.63) is 27.4 Å². The number of carbonyl (C=O) groups is 1. The van der Waals surface area contributed by atoms with Crippen molar-refractivity contribution in [2.24, 2.45) is 0 Å². The van der Waals surface area contributed by atoms with E-state index in [0.29, 0.717) is 6.42 Å². The number of carboxylic acids is 1. The third-order valence-corrected chi connectivity index (χ3v) is 4.65. The van der Waals surface area contributed by atoms with Crippen molar-refractivity contribution >= 4 is 28.6 Å². The molecule has 0 aromatic carbocycles. The first-order chi connectivity index (χ1) is 7.75. The molecule has 3 nitrogen and oxygen atoms in total. The molecule has 0 spiro atoms. The maximum atomic E-state index is 11.0. The zero-order chi connectivity index (χ0) is 11.1. The van der Waals surface area contributed by atoms with Gasteiger partial charge in [-0.05, 0) is 24.3 Å². The van der Waals surface area contributed by atoms with Crippen LogP contribution >= 0.6 is 22.7 Å². The molecular formula is C11H9NO2S2. The van der Waals surface area contributed by atoms with Crippen molar-refractivity contribution in [2.45, 2.75) is 18.8 Å². The van der Waals surface area contributed by atoms with E-state index in [2.05, 4.69) is 4.98 Å². The van der Waals surface area contributed by atoms with Gasteiger partial charge in [-0.25, -0.2) is 4.98 Å². The zero-order valence-corrected chi connectivity index (χ0v) is 9.98. The number of aromatic nitrogens is 1. The van der Waals surface area contributed by atoms with Gasteiger partial charge in [-0.3, -0.25) is 4.79 Å². The summed E-state index contributed by atoms with van der Waals surface area (Å²) in [5.74, 6) is -1.14. The van der Waals surface area contributed by atoms with E-state index in [4.69, 9.17) is 5.11 Å². The molecule has 1 aliphatic rings. The minimum atomic E-state index is -0.749. The van der Waals surface area contributed by atoms with Crippen LogP contribution in [-0.4, -0.2) is 16.1 Å². The molecule has 0 aliphatic heterocycles. The fraction of sp³-hybridized carbons (Fsp3) is 0.273. The number of thiophene rings is 1. The summed E-state index contributed by atoms with van der Waals surface area (Å²) in [7, 11) is 0. The normalized spacial score (nSPS) is 18.6. The molecule has 2 aromatic rings. The molecule has 0 saturated heterocycles. The fourth-order valence-electron chi connectivity index (χ4n) is 1.98. The van der Waals surface area contributed by atoms with Crippen LogP contribution < -0.4 is 0 Å². The van der Waals surface area contributed by atoms with E-state index < -0.39 is 11.9 Å². The van der Waals surface area contributed by atoms with Crippen LogP contribution in [0.25, 0.3) is 10.6 Å². The van der Waals surface area contributed by atoms with Crippen LogP contribution in [-0.2, 0) is 11.2 Å². The topological polar surface area (TPSA) is 50.2 Å². The van der Waals surface area contributed by atoms with Crippen molar-refractivity contribution in [1.82, 2.24) is 4.98 Å². The number of carboxylic acid groups (broad SMARTS) is 1. The highest BCUT2D eigenvalue weighted by Gasteiger charge is 2.32. The van der Waals surface area contributed by atoms with E-state index in [9.17, 15) is 4.79 Å². The highest BCUT2D eigenvalue weighted by atomic mass is 32.1. The SMILES string of the molecule is O=C(O)C1CCc2sc(-c3ccsc3)nc21. The number of thiazole rings is 1. The first kappa shape index (κ1) is 9.99. The van der Waals surface area contributed by atoms with Gasteiger partial charge in [0, 0.05) is 15.8 Å². The zero-order valence-electron chi connectivity index (χ0n) is 8.34. The number of nitrogens with zero attached hydrogens (tertiary/aromatic N) is 1. The summed E-state index contributed by atoms with van der Waals surface area (Å²) in [4.78, 5) is 16.7. The Kier molecular flexibility index (Phi) is 2.29. The Morgan fingerprint density at radius 3 is 3.12 bits per heavy atom. The lowest BCUT2D eigenvalue weighted by atomic mass is 10.1. The van der Waals surface area contributed by atoms with Gasteiger partial charge < -0.3 is 5.11 Å². The largest absolute Gasteiger partial charge is 0.481 e. The molecule has 5 heteroatoms. The van der Waals surface area contributed by atoms with Gasteiger partial charge in [-0.1, -0.05) is 0 Å². The van der Waals surface area contributed by atoms with Gasteiger partial charge >= 0.3 is 5.97 Å². The van der Waals surface area contributed by atoms with Crippen LogP contribution in [0, 0.1) is 0 Å². The number of aryl methyl sites for hydroxylation is 1. The van der Waals surface area contributed by atoms with Crippen molar-refractivity contribution in [3.63, 3.8) is 0 Å². The Morgan fingerprint density at radius 2 is 2.44 bits per heavy atom.